The van der Waals surface area contributed by atoms with E-state index in [4.69, 9.17) is 0 Å². The van der Waals surface area contributed by atoms with Crippen LogP contribution in [-0.2, 0) is 6.42 Å². The van der Waals surface area contributed by atoms with E-state index >= 15 is 0 Å². The maximum Gasteiger partial charge on any atom is 0.0344 e. The van der Waals surface area contributed by atoms with Crippen LogP contribution in [0.25, 0.3) is 0 Å². The molecule has 1 radical (unpaired) electrons. The smallest absolute Gasteiger partial charge is 0.0344 e. The van der Waals surface area contributed by atoms with Crippen LogP contribution in [0.1, 0.15) is 277 Å². The summed E-state index contributed by atoms with van der Waals surface area (Å²) in [7, 11) is 0. The molecule has 0 N–H and O–H groups in total. The normalized spacial score (nSPS) is 11.6. The van der Waals surface area contributed by atoms with Crippen molar-refractivity contribution in [2.24, 2.45) is 0 Å². The SMILES string of the molecule is [CH2]Cc1cc(SCCCCCCCCCCCCCCC)c(SCCCCCCCCCCCCCCC)c(SCCCCCCCCCCCCCCC)c1. The zero-order valence-electron chi connectivity index (χ0n) is 38.5. The summed E-state index contributed by atoms with van der Waals surface area (Å²) in [5.41, 5.74) is 1.44. The molecule has 0 aliphatic rings. The Morgan fingerprint density at radius 1 is 0.304 bits per heavy atom. The predicted octanol–water partition coefficient (Wildman–Crippen LogP) is 20.6. The van der Waals surface area contributed by atoms with Crippen LogP contribution in [0.4, 0.5) is 0 Å². The highest BCUT2D eigenvalue weighted by molar-refractivity contribution is 8.03. The largest absolute Gasteiger partial charge is 0.125 e. The minimum atomic E-state index is 0.905. The van der Waals surface area contributed by atoms with E-state index in [1.807, 2.05) is 0 Å². The van der Waals surface area contributed by atoms with Gasteiger partial charge in [-0.05, 0) is 67.6 Å². The summed E-state index contributed by atoms with van der Waals surface area (Å²) in [5, 5.41) is 0. The Morgan fingerprint density at radius 3 is 0.750 bits per heavy atom. The van der Waals surface area contributed by atoms with E-state index in [2.05, 4.69) is 75.1 Å². The molecule has 0 unspecified atom stereocenters. The lowest BCUT2D eigenvalue weighted by Crippen LogP contribution is -1.94. The average molecular weight is 833 g/mol. The monoisotopic (exact) mass is 832 g/mol. The Kier molecular flexibility index (Phi) is 43.4. The fourth-order valence-electron chi connectivity index (χ4n) is 8.03. The van der Waals surface area contributed by atoms with Crippen LogP contribution in [0.2, 0.25) is 0 Å². The predicted molar refractivity (Wildman–Crippen MR) is 265 cm³/mol. The fraction of sp³-hybridized carbons (Fsp3) is 0.868. The number of thioether (sulfide) groups is 3. The first kappa shape index (κ1) is 54.3. The van der Waals surface area contributed by atoms with Gasteiger partial charge in [-0.25, -0.2) is 0 Å². The van der Waals surface area contributed by atoms with Gasteiger partial charge < -0.3 is 0 Å². The average Bonchev–Trinajstić information content (AvgIpc) is 3.21. The van der Waals surface area contributed by atoms with Crippen molar-refractivity contribution in [2.45, 2.75) is 292 Å². The molecule has 0 heterocycles. The topological polar surface area (TPSA) is 0 Å². The fourth-order valence-corrected chi connectivity index (χ4v) is 11.8. The van der Waals surface area contributed by atoms with Crippen molar-refractivity contribution in [1.29, 1.82) is 0 Å². The number of hydrogen-bond acceptors (Lipinski definition) is 3. The zero-order valence-corrected chi connectivity index (χ0v) is 40.9. The molecule has 0 aliphatic carbocycles. The Balaban J connectivity index is 2.46. The quantitative estimate of drug-likeness (QED) is 0.0474. The van der Waals surface area contributed by atoms with Gasteiger partial charge in [-0.2, -0.15) is 0 Å². The molecule has 56 heavy (non-hydrogen) atoms. The van der Waals surface area contributed by atoms with E-state index in [-0.39, 0.29) is 0 Å². The summed E-state index contributed by atoms with van der Waals surface area (Å²) in [5.74, 6) is 3.82. The van der Waals surface area contributed by atoms with Gasteiger partial charge in [-0.15, -0.1) is 35.3 Å². The minimum absolute atomic E-state index is 0.905. The van der Waals surface area contributed by atoms with E-state index in [1.165, 1.54) is 273 Å². The van der Waals surface area contributed by atoms with Crippen LogP contribution >= 0.6 is 35.3 Å². The third-order valence-corrected chi connectivity index (χ3v) is 15.6. The molecule has 0 saturated heterocycles. The molecule has 1 aromatic rings. The van der Waals surface area contributed by atoms with E-state index in [0.717, 1.165) is 6.42 Å². The molecule has 0 atom stereocenters. The molecule has 0 spiro atoms. The van der Waals surface area contributed by atoms with Gasteiger partial charge in [0, 0.05) is 14.7 Å². The summed E-state index contributed by atoms with van der Waals surface area (Å²) in [6, 6.07) is 5.03. The summed E-state index contributed by atoms with van der Waals surface area (Å²) >= 11 is 6.51. The number of rotatable bonds is 46. The number of hydrogen-bond donors (Lipinski definition) is 0. The third kappa shape index (κ3) is 35.1. The molecule has 0 aromatic heterocycles. The van der Waals surface area contributed by atoms with Gasteiger partial charge in [0.1, 0.15) is 0 Å². The van der Waals surface area contributed by atoms with Crippen molar-refractivity contribution in [3.63, 3.8) is 0 Å². The van der Waals surface area contributed by atoms with Crippen molar-refractivity contribution in [2.75, 3.05) is 17.3 Å². The van der Waals surface area contributed by atoms with Crippen LogP contribution < -0.4 is 0 Å². The maximum atomic E-state index is 4.33. The zero-order chi connectivity index (χ0) is 40.3. The van der Waals surface area contributed by atoms with Crippen molar-refractivity contribution in [3.8, 4) is 0 Å². The molecule has 1 rings (SSSR count). The second kappa shape index (κ2) is 44.8. The lowest BCUT2D eigenvalue weighted by molar-refractivity contribution is 0.543. The first-order chi connectivity index (χ1) is 27.8. The minimum Gasteiger partial charge on any atom is -0.125 e. The van der Waals surface area contributed by atoms with Crippen LogP contribution in [0.3, 0.4) is 0 Å². The van der Waals surface area contributed by atoms with Gasteiger partial charge in [0.05, 0.1) is 0 Å². The molecule has 0 saturated carbocycles. The molecule has 0 amide bonds. The van der Waals surface area contributed by atoms with Gasteiger partial charge >= 0.3 is 0 Å². The third-order valence-electron chi connectivity index (χ3n) is 11.9. The van der Waals surface area contributed by atoms with Crippen LogP contribution in [0.15, 0.2) is 26.8 Å². The number of unbranched alkanes of at least 4 members (excludes halogenated alkanes) is 36. The van der Waals surface area contributed by atoms with E-state index in [0.29, 0.717) is 0 Å². The highest BCUT2D eigenvalue weighted by atomic mass is 32.2. The molecular formula is C53H99S3. The van der Waals surface area contributed by atoms with E-state index in [1.54, 1.807) is 14.7 Å². The van der Waals surface area contributed by atoms with Gasteiger partial charge in [0.15, 0.2) is 0 Å². The van der Waals surface area contributed by atoms with Gasteiger partial charge in [0.25, 0.3) is 0 Å². The Morgan fingerprint density at radius 2 is 0.518 bits per heavy atom. The highest BCUT2D eigenvalue weighted by Crippen LogP contribution is 2.41. The Hall–Kier alpha value is 0.270. The van der Waals surface area contributed by atoms with Crippen LogP contribution in [0, 0.1) is 6.92 Å². The molecule has 3 heteroatoms. The first-order valence-electron chi connectivity index (χ1n) is 25.6. The molecule has 1 aromatic carbocycles. The van der Waals surface area contributed by atoms with Gasteiger partial charge in [-0.1, -0.05) is 252 Å². The van der Waals surface area contributed by atoms with Crippen molar-refractivity contribution in [1.82, 2.24) is 0 Å². The summed E-state index contributed by atoms with van der Waals surface area (Å²) in [4.78, 5) is 4.75. The summed E-state index contributed by atoms with van der Waals surface area (Å²) in [6.07, 6.45) is 56.8. The Labute approximate surface area is 367 Å². The van der Waals surface area contributed by atoms with Crippen molar-refractivity contribution >= 4 is 35.3 Å². The Bertz CT molecular complexity index is 859. The van der Waals surface area contributed by atoms with Gasteiger partial charge in [0.2, 0.25) is 0 Å². The summed E-state index contributed by atoms with van der Waals surface area (Å²) < 4.78 is 0. The highest BCUT2D eigenvalue weighted by Gasteiger charge is 2.13. The summed E-state index contributed by atoms with van der Waals surface area (Å²) in [6.45, 7) is 11.3. The standard InChI is InChI=1S/C53H99S3/c1-5-9-12-15-18-21-24-27-30-33-36-39-42-45-54-51-48-50(8-4)49-52(55-46-43-40-37-34-31-28-25-22-19-16-13-10-6-2)53(51)56-47-44-41-38-35-32-29-26-23-20-17-14-11-7-3/h48-49H,4-47H2,1-3H3. The lowest BCUT2D eigenvalue weighted by Gasteiger charge is -2.16. The number of benzene rings is 1. The molecule has 0 nitrogen and oxygen atoms in total. The molecule has 0 fully saturated rings. The maximum absolute atomic E-state index is 4.33. The first-order valence-corrected chi connectivity index (χ1v) is 28.6. The lowest BCUT2D eigenvalue weighted by atomic mass is 10.1. The van der Waals surface area contributed by atoms with E-state index < -0.39 is 0 Å². The molecule has 0 bridgehead atoms. The molecular weight excluding hydrogens is 733 g/mol. The second-order valence-corrected chi connectivity index (χ2v) is 20.8. The van der Waals surface area contributed by atoms with Crippen LogP contribution in [-0.4, -0.2) is 17.3 Å². The van der Waals surface area contributed by atoms with E-state index in [9.17, 15) is 0 Å². The van der Waals surface area contributed by atoms with Crippen molar-refractivity contribution < 1.29 is 0 Å². The van der Waals surface area contributed by atoms with Crippen LogP contribution in [0.5, 0.6) is 0 Å². The van der Waals surface area contributed by atoms with Gasteiger partial charge in [-0.3, -0.25) is 0 Å². The molecule has 0 aliphatic heterocycles. The second-order valence-electron chi connectivity index (χ2n) is 17.4. The molecule has 329 valence electrons. The van der Waals surface area contributed by atoms with Crippen molar-refractivity contribution in [3.05, 3.63) is 24.6 Å².